The lowest BCUT2D eigenvalue weighted by Gasteiger charge is -2.08. The summed E-state index contributed by atoms with van der Waals surface area (Å²) in [6.07, 6.45) is 0.0209. The molecule has 0 fully saturated rings. The molecule has 3 N–H and O–H groups in total. The number of nitrogens with zero attached hydrogens (tertiary/aromatic N) is 2. The van der Waals surface area contributed by atoms with Crippen molar-refractivity contribution in [2.24, 2.45) is 0 Å². The van der Waals surface area contributed by atoms with Crippen molar-refractivity contribution in [3.8, 4) is 0 Å². The first-order valence-corrected chi connectivity index (χ1v) is 10.2. The second kappa shape index (κ2) is 8.70. The standard InChI is InChI=1S/C14H18BrN5O3S2/c1-2-20-12(18-19-14(20)24)9-16-13(21)7-8-17-25(22,23)11-5-3-10(15)4-6-11/h3-6,17H,2,7-9H2,1H3,(H,16,21)(H,19,24). The van der Waals surface area contributed by atoms with Crippen molar-refractivity contribution in [3.63, 3.8) is 0 Å². The highest BCUT2D eigenvalue weighted by atomic mass is 79.9. The van der Waals surface area contributed by atoms with Crippen LogP contribution in [0.15, 0.2) is 33.6 Å². The minimum absolute atomic E-state index is 0.00482. The molecule has 1 aromatic heterocycles. The smallest absolute Gasteiger partial charge is 0.240 e. The van der Waals surface area contributed by atoms with Gasteiger partial charge in [0.05, 0.1) is 11.4 Å². The molecule has 136 valence electrons. The van der Waals surface area contributed by atoms with Crippen molar-refractivity contribution in [2.45, 2.75) is 31.3 Å². The molecule has 2 rings (SSSR count). The van der Waals surface area contributed by atoms with Crippen LogP contribution in [-0.2, 0) is 27.9 Å². The minimum Gasteiger partial charge on any atom is -0.349 e. The van der Waals surface area contributed by atoms with E-state index in [4.69, 9.17) is 12.2 Å². The van der Waals surface area contributed by atoms with Gasteiger partial charge in [0.15, 0.2) is 10.6 Å². The molecule has 0 spiro atoms. The average molecular weight is 448 g/mol. The highest BCUT2D eigenvalue weighted by Gasteiger charge is 2.14. The largest absolute Gasteiger partial charge is 0.349 e. The number of halogens is 1. The number of carbonyl (C=O) groups excluding carboxylic acids is 1. The first-order chi connectivity index (χ1) is 11.8. The summed E-state index contributed by atoms with van der Waals surface area (Å²) >= 11 is 8.32. The summed E-state index contributed by atoms with van der Waals surface area (Å²) in [6.45, 7) is 2.80. The lowest BCUT2D eigenvalue weighted by Crippen LogP contribution is -2.31. The Bertz CT molecular complexity index is 890. The van der Waals surface area contributed by atoms with Crippen LogP contribution in [0.2, 0.25) is 0 Å². The number of H-pyrrole nitrogens is 1. The molecule has 1 amide bonds. The Morgan fingerprint density at radius 2 is 2.04 bits per heavy atom. The van der Waals surface area contributed by atoms with Gasteiger partial charge >= 0.3 is 0 Å². The summed E-state index contributed by atoms with van der Waals surface area (Å²) in [6, 6.07) is 6.25. The molecule has 0 saturated carbocycles. The lowest BCUT2D eigenvalue weighted by molar-refractivity contribution is -0.121. The van der Waals surface area contributed by atoms with Gasteiger partial charge in [-0.15, -0.1) is 0 Å². The summed E-state index contributed by atoms with van der Waals surface area (Å²) in [5.74, 6) is 0.339. The zero-order chi connectivity index (χ0) is 18.4. The van der Waals surface area contributed by atoms with Gasteiger partial charge in [-0.25, -0.2) is 13.1 Å². The van der Waals surface area contributed by atoms with E-state index in [0.29, 0.717) is 17.1 Å². The van der Waals surface area contributed by atoms with E-state index in [2.05, 4.69) is 36.2 Å². The Hall–Kier alpha value is -1.56. The Morgan fingerprint density at radius 1 is 1.36 bits per heavy atom. The number of rotatable bonds is 8. The average Bonchev–Trinajstić information content (AvgIpc) is 2.93. The summed E-state index contributed by atoms with van der Waals surface area (Å²) in [5.41, 5.74) is 0. The third kappa shape index (κ3) is 5.46. The SMILES string of the molecule is CCn1c(CNC(=O)CCNS(=O)(=O)c2ccc(Br)cc2)n[nH]c1=S. The van der Waals surface area contributed by atoms with Crippen molar-refractivity contribution >= 4 is 44.1 Å². The summed E-state index contributed by atoms with van der Waals surface area (Å²) in [5, 5.41) is 9.40. The molecule has 0 aliphatic heterocycles. The van der Waals surface area contributed by atoms with Gasteiger partial charge < -0.3 is 9.88 Å². The Labute approximate surface area is 159 Å². The van der Waals surface area contributed by atoms with E-state index in [9.17, 15) is 13.2 Å². The molecule has 8 nitrogen and oxygen atoms in total. The summed E-state index contributed by atoms with van der Waals surface area (Å²) < 4.78 is 29.7. The fourth-order valence-corrected chi connectivity index (χ4v) is 3.65. The molecule has 2 aromatic rings. The quantitative estimate of drug-likeness (QED) is 0.533. The van der Waals surface area contributed by atoms with Crippen molar-refractivity contribution in [1.82, 2.24) is 24.8 Å². The van der Waals surface area contributed by atoms with Gasteiger partial charge in [-0.1, -0.05) is 15.9 Å². The molecule has 25 heavy (non-hydrogen) atoms. The molecule has 11 heteroatoms. The fourth-order valence-electron chi connectivity index (χ4n) is 2.07. The van der Waals surface area contributed by atoms with Crippen LogP contribution in [0.3, 0.4) is 0 Å². The van der Waals surface area contributed by atoms with Crippen LogP contribution >= 0.6 is 28.1 Å². The zero-order valence-corrected chi connectivity index (χ0v) is 16.7. The summed E-state index contributed by atoms with van der Waals surface area (Å²) in [7, 11) is -3.63. The number of aromatic nitrogens is 3. The third-order valence-corrected chi connectivity index (χ3v) is 5.68. The first kappa shape index (κ1) is 19.8. The van der Waals surface area contributed by atoms with Crippen LogP contribution < -0.4 is 10.0 Å². The van der Waals surface area contributed by atoms with E-state index >= 15 is 0 Å². The van der Waals surface area contributed by atoms with Gasteiger partial charge in [-0.3, -0.25) is 9.89 Å². The van der Waals surface area contributed by atoms with E-state index in [1.807, 2.05) is 6.92 Å². The topological polar surface area (TPSA) is 109 Å². The Balaban J connectivity index is 1.82. The highest BCUT2D eigenvalue weighted by molar-refractivity contribution is 9.10. The number of benzene rings is 1. The van der Waals surface area contributed by atoms with Crippen LogP contribution in [0.25, 0.3) is 0 Å². The molecule has 1 aromatic carbocycles. The number of nitrogens with one attached hydrogen (secondary N) is 3. The van der Waals surface area contributed by atoms with Gasteiger partial charge in [0.2, 0.25) is 15.9 Å². The molecule has 0 aliphatic rings. The van der Waals surface area contributed by atoms with Crippen LogP contribution in [0, 0.1) is 4.77 Å². The van der Waals surface area contributed by atoms with E-state index in [1.165, 1.54) is 12.1 Å². The normalized spacial score (nSPS) is 11.4. The highest BCUT2D eigenvalue weighted by Crippen LogP contribution is 2.14. The van der Waals surface area contributed by atoms with Crippen molar-refractivity contribution < 1.29 is 13.2 Å². The first-order valence-electron chi connectivity index (χ1n) is 7.49. The molecule has 0 unspecified atom stereocenters. The van der Waals surface area contributed by atoms with E-state index in [0.717, 1.165) is 4.47 Å². The summed E-state index contributed by atoms with van der Waals surface area (Å²) in [4.78, 5) is 12.0. The van der Waals surface area contributed by atoms with E-state index < -0.39 is 10.0 Å². The maximum Gasteiger partial charge on any atom is 0.240 e. The Kier molecular flexibility index (Phi) is 6.87. The number of hydrogen-bond donors (Lipinski definition) is 3. The monoisotopic (exact) mass is 447 g/mol. The van der Waals surface area contributed by atoms with Crippen molar-refractivity contribution in [3.05, 3.63) is 39.3 Å². The Morgan fingerprint density at radius 3 is 2.68 bits per heavy atom. The molecule has 0 aliphatic carbocycles. The number of amides is 1. The van der Waals surface area contributed by atoms with E-state index in [1.54, 1.807) is 16.7 Å². The second-order valence-corrected chi connectivity index (χ2v) is 8.14. The molecule has 0 atom stereocenters. The van der Waals surface area contributed by atoms with Gasteiger partial charge in [-0.05, 0) is 43.4 Å². The second-order valence-electron chi connectivity index (χ2n) is 5.07. The fraction of sp³-hybridized carbons (Fsp3) is 0.357. The van der Waals surface area contributed by atoms with Crippen molar-refractivity contribution in [2.75, 3.05) is 6.54 Å². The lowest BCUT2D eigenvalue weighted by atomic mass is 10.4. The van der Waals surface area contributed by atoms with E-state index in [-0.39, 0.29) is 30.3 Å². The molecule has 0 bridgehead atoms. The van der Waals surface area contributed by atoms with Gasteiger partial charge in [0.1, 0.15) is 0 Å². The van der Waals surface area contributed by atoms with Gasteiger partial charge in [0, 0.05) is 24.0 Å². The predicted molar refractivity (Wildman–Crippen MR) is 98.9 cm³/mol. The van der Waals surface area contributed by atoms with Gasteiger partial charge in [-0.2, -0.15) is 5.10 Å². The molecular formula is C14H18BrN5O3S2. The number of hydrogen-bond acceptors (Lipinski definition) is 5. The number of aromatic amines is 1. The van der Waals surface area contributed by atoms with Crippen LogP contribution in [0.4, 0.5) is 0 Å². The molecule has 1 heterocycles. The zero-order valence-electron chi connectivity index (χ0n) is 13.5. The minimum atomic E-state index is -3.63. The van der Waals surface area contributed by atoms with Crippen LogP contribution in [0.1, 0.15) is 19.2 Å². The van der Waals surface area contributed by atoms with Crippen LogP contribution in [-0.4, -0.2) is 35.6 Å². The van der Waals surface area contributed by atoms with Crippen molar-refractivity contribution in [1.29, 1.82) is 0 Å². The maximum atomic E-state index is 12.1. The number of carbonyl (C=O) groups is 1. The van der Waals surface area contributed by atoms with Crippen LogP contribution in [0.5, 0.6) is 0 Å². The molecule has 0 radical (unpaired) electrons. The number of sulfonamides is 1. The maximum absolute atomic E-state index is 12.1. The van der Waals surface area contributed by atoms with Gasteiger partial charge in [0.25, 0.3) is 0 Å². The third-order valence-electron chi connectivity index (χ3n) is 3.37. The predicted octanol–water partition coefficient (Wildman–Crippen LogP) is 1.71. The molecular weight excluding hydrogens is 430 g/mol. The molecule has 0 saturated heterocycles.